The van der Waals surface area contributed by atoms with Gasteiger partial charge in [0, 0.05) is 32.3 Å². The number of nitrogens with zero attached hydrogens (tertiary/aromatic N) is 3. The number of aromatic nitrogens is 2. The normalized spacial score (nSPS) is 22.8. The predicted octanol–water partition coefficient (Wildman–Crippen LogP) is 0.949. The highest BCUT2D eigenvalue weighted by Crippen LogP contribution is 2.27. The maximum atomic E-state index is 11.8. The van der Waals surface area contributed by atoms with Crippen molar-refractivity contribution in [2.75, 3.05) is 18.8 Å². The molecule has 6 heteroatoms. The molecule has 1 aliphatic heterocycles. The Morgan fingerprint density at radius 2 is 2.29 bits per heavy atom. The van der Waals surface area contributed by atoms with Crippen molar-refractivity contribution < 1.29 is 8.42 Å². The molecule has 96 valence electrons. The fraction of sp³-hybridized carbons (Fsp3) is 0.727. The Labute approximate surface area is 102 Å². The van der Waals surface area contributed by atoms with E-state index in [-0.39, 0.29) is 11.7 Å². The van der Waals surface area contributed by atoms with Crippen LogP contribution in [0.15, 0.2) is 12.3 Å². The number of hydrogen-bond donors (Lipinski definition) is 0. The number of piperidine rings is 1. The Kier molecular flexibility index (Phi) is 3.53. The van der Waals surface area contributed by atoms with E-state index < -0.39 is 10.0 Å². The van der Waals surface area contributed by atoms with Gasteiger partial charge in [0.1, 0.15) is 0 Å². The number of aryl methyl sites for hydroxylation is 1. The molecule has 0 saturated carbocycles. The predicted molar refractivity (Wildman–Crippen MR) is 66.2 cm³/mol. The van der Waals surface area contributed by atoms with Crippen LogP contribution in [0.4, 0.5) is 0 Å². The molecule has 0 unspecified atom stereocenters. The number of hydrogen-bond acceptors (Lipinski definition) is 3. The van der Waals surface area contributed by atoms with Crippen LogP contribution in [0.25, 0.3) is 0 Å². The molecule has 0 spiro atoms. The molecule has 1 fully saturated rings. The molecule has 0 amide bonds. The van der Waals surface area contributed by atoms with Crippen LogP contribution in [-0.2, 0) is 17.1 Å². The van der Waals surface area contributed by atoms with Gasteiger partial charge >= 0.3 is 0 Å². The van der Waals surface area contributed by atoms with Gasteiger partial charge in [-0.1, -0.05) is 0 Å². The molecule has 5 nitrogen and oxygen atoms in total. The van der Waals surface area contributed by atoms with Crippen LogP contribution in [-0.4, -0.2) is 41.3 Å². The monoisotopic (exact) mass is 257 g/mol. The molecule has 1 aromatic rings. The topological polar surface area (TPSA) is 55.2 Å². The summed E-state index contributed by atoms with van der Waals surface area (Å²) in [7, 11) is -1.17. The van der Waals surface area contributed by atoms with E-state index >= 15 is 0 Å². The van der Waals surface area contributed by atoms with Gasteiger partial charge in [-0.15, -0.1) is 0 Å². The molecule has 0 bridgehead atoms. The first-order chi connectivity index (χ1) is 8.03. The van der Waals surface area contributed by atoms with E-state index in [1.165, 1.54) is 0 Å². The first-order valence-electron chi connectivity index (χ1n) is 6.00. The van der Waals surface area contributed by atoms with Crippen molar-refractivity contribution in [1.82, 2.24) is 14.1 Å². The lowest BCUT2D eigenvalue weighted by Crippen LogP contribution is -2.40. The van der Waals surface area contributed by atoms with Gasteiger partial charge < -0.3 is 0 Å². The number of rotatable bonds is 3. The molecule has 0 aromatic carbocycles. The van der Waals surface area contributed by atoms with Gasteiger partial charge in [-0.25, -0.2) is 12.7 Å². The van der Waals surface area contributed by atoms with E-state index in [2.05, 4.69) is 5.10 Å². The molecule has 2 rings (SSSR count). The summed E-state index contributed by atoms with van der Waals surface area (Å²) in [6.45, 7) is 2.92. The maximum Gasteiger partial charge on any atom is 0.213 e. The third-order valence-electron chi connectivity index (χ3n) is 3.29. The lowest BCUT2D eigenvalue weighted by molar-refractivity contribution is 0.312. The molecule has 0 radical (unpaired) electrons. The van der Waals surface area contributed by atoms with Gasteiger partial charge in [0.15, 0.2) is 0 Å². The van der Waals surface area contributed by atoms with Gasteiger partial charge in [-0.05, 0) is 25.8 Å². The molecule has 0 aliphatic carbocycles. The van der Waals surface area contributed by atoms with Crippen molar-refractivity contribution in [1.29, 1.82) is 0 Å². The fourth-order valence-corrected chi connectivity index (χ4v) is 3.45. The maximum absolute atomic E-state index is 11.8. The van der Waals surface area contributed by atoms with Crippen molar-refractivity contribution in [2.45, 2.75) is 25.7 Å². The fourth-order valence-electron chi connectivity index (χ4n) is 2.27. The van der Waals surface area contributed by atoms with E-state index in [0.29, 0.717) is 13.1 Å². The van der Waals surface area contributed by atoms with Crippen LogP contribution >= 0.6 is 0 Å². The molecule has 2 heterocycles. The molecular weight excluding hydrogens is 238 g/mol. The summed E-state index contributed by atoms with van der Waals surface area (Å²) in [5.74, 6) is 0.424. The second-order valence-corrected chi connectivity index (χ2v) is 6.77. The van der Waals surface area contributed by atoms with Gasteiger partial charge in [0.05, 0.1) is 11.4 Å². The minimum atomic E-state index is -3.06. The quantitative estimate of drug-likeness (QED) is 0.810. The highest BCUT2D eigenvalue weighted by molar-refractivity contribution is 7.89. The average molecular weight is 257 g/mol. The van der Waals surface area contributed by atoms with Gasteiger partial charge in [0.2, 0.25) is 10.0 Å². The van der Waals surface area contributed by atoms with E-state index in [4.69, 9.17) is 0 Å². The van der Waals surface area contributed by atoms with Crippen molar-refractivity contribution in [3.63, 3.8) is 0 Å². The summed E-state index contributed by atoms with van der Waals surface area (Å²) in [6.07, 6.45) is 3.84. The Balaban J connectivity index is 2.13. The third-order valence-corrected chi connectivity index (χ3v) is 5.14. The average Bonchev–Trinajstić information content (AvgIpc) is 2.76. The van der Waals surface area contributed by atoms with E-state index in [1.54, 1.807) is 15.9 Å². The molecule has 17 heavy (non-hydrogen) atoms. The lowest BCUT2D eigenvalue weighted by atomic mass is 9.96. The third kappa shape index (κ3) is 2.69. The van der Waals surface area contributed by atoms with E-state index in [9.17, 15) is 8.42 Å². The van der Waals surface area contributed by atoms with Crippen LogP contribution in [0.3, 0.4) is 0 Å². The Morgan fingerprint density at radius 1 is 1.53 bits per heavy atom. The lowest BCUT2D eigenvalue weighted by Gasteiger charge is -2.30. The van der Waals surface area contributed by atoms with Crippen molar-refractivity contribution >= 4 is 10.0 Å². The minimum Gasteiger partial charge on any atom is -0.276 e. The zero-order chi connectivity index (χ0) is 12.5. The molecular formula is C11H19N3O2S. The van der Waals surface area contributed by atoms with Crippen LogP contribution in [0.1, 0.15) is 31.4 Å². The Bertz CT molecular complexity index is 481. The first-order valence-corrected chi connectivity index (χ1v) is 7.61. The summed E-state index contributed by atoms with van der Waals surface area (Å²) in [5, 5.41) is 4.37. The van der Waals surface area contributed by atoms with E-state index in [1.807, 2.05) is 19.3 Å². The van der Waals surface area contributed by atoms with Crippen LogP contribution in [0.2, 0.25) is 0 Å². The second kappa shape index (κ2) is 4.78. The SMILES string of the molecule is CCS(=O)(=O)N1CCC[C@H](c2ccn(C)n2)C1. The molecule has 1 saturated heterocycles. The summed E-state index contributed by atoms with van der Waals surface area (Å²) in [5.41, 5.74) is 1.00. The van der Waals surface area contributed by atoms with E-state index in [0.717, 1.165) is 18.5 Å². The minimum absolute atomic E-state index is 0.182. The van der Waals surface area contributed by atoms with Crippen LogP contribution < -0.4 is 0 Å². The summed E-state index contributed by atoms with van der Waals surface area (Å²) >= 11 is 0. The van der Waals surface area contributed by atoms with Crippen LogP contribution in [0, 0.1) is 0 Å². The largest absolute Gasteiger partial charge is 0.276 e. The first kappa shape index (κ1) is 12.6. The highest BCUT2D eigenvalue weighted by Gasteiger charge is 2.29. The number of sulfonamides is 1. The van der Waals surface area contributed by atoms with Gasteiger partial charge in [-0.2, -0.15) is 5.10 Å². The molecule has 1 aliphatic rings. The van der Waals surface area contributed by atoms with Gasteiger partial charge in [0.25, 0.3) is 0 Å². The summed E-state index contributed by atoms with van der Waals surface area (Å²) in [4.78, 5) is 0. The molecule has 1 aromatic heterocycles. The van der Waals surface area contributed by atoms with Crippen molar-refractivity contribution in [3.05, 3.63) is 18.0 Å². The summed E-state index contributed by atoms with van der Waals surface area (Å²) in [6, 6.07) is 1.98. The molecule has 1 atom stereocenters. The smallest absolute Gasteiger partial charge is 0.213 e. The van der Waals surface area contributed by atoms with Crippen molar-refractivity contribution in [2.24, 2.45) is 7.05 Å². The van der Waals surface area contributed by atoms with Crippen LogP contribution in [0.5, 0.6) is 0 Å². The zero-order valence-electron chi connectivity index (χ0n) is 10.3. The van der Waals surface area contributed by atoms with Crippen molar-refractivity contribution in [3.8, 4) is 0 Å². The second-order valence-electron chi connectivity index (χ2n) is 4.51. The Morgan fingerprint density at radius 3 is 2.88 bits per heavy atom. The highest BCUT2D eigenvalue weighted by atomic mass is 32.2. The van der Waals surface area contributed by atoms with Gasteiger partial charge in [-0.3, -0.25) is 4.68 Å². The summed E-state index contributed by atoms with van der Waals surface area (Å²) < 4.78 is 27.0. The zero-order valence-corrected chi connectivity index (χ0v) is 11.2. The standard InChI is InChI=1S/C11H19N3O2S/c1-3-17(15,16)14-7-4-5-10(9-14)11-6-8-13(2)12-11/h6,8,10H,3-5,7,9H2,1-2H3/t10-/m0/s1. The molecule has 0 N–H and O–H groups in total. The Hall–Kier alpha value is -0.880.